The van der Waals surface area contributed by atoms with Crippen LogP contribution in [0, 0.1) is 28.6 Å². The molecule has 3 fully saturated rings. The zero-order valence-corrected chi connectivity index (χ0v) is 16.2. The fourth-order valence-electron chi connectivity index (χ4n) is 6.64. The summed E-state index contributed by atoms with van der Waals surface area (Å²) in [7, 11) is 0. The van der Waals surface area contributed by atoms with Gasteiger partial charge in [0.1, 0.15) is 0 Å². The fraction of sp³-hybridized carbons (Fsp3) is 0.762. The highest BCUT2D eigenvalue weighted by atomic mass is 16.6. The minimum absolute atomic E-state index is 0.0254. The predicted octanol–water partition coefficient (Wildman–Crippen LogP) is 2.35. The van der Waals surface area contributed by atoms with Crippen LogP contribution in [-0.4, -0.2) is 35.2 Å². The molecule has 0 aromatic carbocycles. The van der Waals surface area contributed by atoms with E-state index in [1.165, 1.54) is 0 Å². The maximum Gasteiger partial charge on any atom is 0.258 e. The average Bonchev–Trinajstić information content (AvgIpc) is 2.91. The quantitative estimate of drug-likeness (QED) is 0.740. The highest BCUT2D eigenvalue weighted by Crippen LogP contribution is 2.64. The van der Waals surface area contributed by atoms with Gasteiger partial charge in [0.05, 0.1) is 11.8 Å². The number of allylic oxidation sites excluding steroid dienone is 1. The number of fused-ring (bicyclic) bond motifs is 5. The zero-order chi connectivity index (χ0) is 19.4. The van der Waals surface area contributed by atoms with Gasteiger partial charge in [-0.15, -0.1) is 0 Å². The molecule has 0 aromatic rings. The summed E-state index contributed by atoms with van der Waals surface area (Å²) in [6.45, 7) is 4.25. The predicted molar refractivity (Wildman–Crippen MR) is 101 cm³/mol. The monoisotopic (exact) mass is 374 g/mol. The molecule has 4 aliphatic carbocycles. The third kappa shape index (κ3) is 2.84. The summed E-state index contributed by atoms with van der Waals surface area (Å²) in [5.74, 6) is 0.959. The van der Waals surface area contributed by atoms with Crippen molar-refractivity contribution in [1.82, 2.24) is 0 Å². The molecule has 0 spiro atoms. The van der Waals surface area contributed by atoms with Crippen molar-refractivity contribution in [3.05, 3.63) is 11.6 Å². The van der Waals surface area contributed by atoms with Crippen molar-refractivity contribution in [2.75, 3.05) is 6.61 Å². The molecule has 1 amide bonds. The number of hydrogen-bond acceptors (Lipinski definition) is 5. The minimum atomic E-state index is -0.561. The van der Waals surface area contributed by atoms with Crippen molar-refractivity contribution in [2.24, 2.45) is 39.5 Å². The number of carbonyl (C=O) groups excluding carboxylic acids is 2. The number of oxime groups is 1. The Bertz CT molecular complexity index is 730. The fourth-order valence-corrected chi connectivity index (χ4v) is 6.64. The van der Waals surface area contributed by atoms with Gasteiger partial charge in [-0.05, 0) is 78.8 Å². The number of carbonyl (C=O) groups is 2. The molecule has 0 aromatic heterocycles. The molecule has 1 unspecified atom stereocenters. The van der Waals surface area contributed by atoms with E-state index >= 15 is 0 Å². The van der Waals surface area contributed by atoms with Gasteiger partial charge in [0.15, 0.2) is 12.4 Å². The van der Waals surface area contributed by atoms with Crippen LogP contribution < -0.4 is 5.73 Å². The maximum atomic E-state index is 12.1. The van der Waals surface area contributed by atoms with Gasteiger partial charge < -0.3 is 15.7 Å². The maximum absolute atomic E-state index is 12.1. The Hall–Kier alpha value is -1.69. The van der Waals surface area contributed by atoms with Crippen molar-refractivity contribution in [3.63, 3.8) is 0 Å². The Labute approximate surface area is 160 Å². The van der Waals surface area contributed by atoms with E-state index in [-0.39, 0.29) is 29.3 Å². The van der Waals surface area contributed by atoms with E-state index in [0.717, 1.165) is 49.8 Å². The van der Waals surface area contributed by atoms with E-state index in [9.17, 15) is 14.7 Å². The zero-order valence-electron chi connectivity index (χ0n) is 16.2. The van der Waals surface area contributed by atoms with Gasteiger partial charge in [-0.3, -0.25) is 9.59 Å². The Morgan fingerprint density at radius 3 is 2.81 bits per heavy atom. The van der Waals surface area contributed by atoms with Gasteiger partial charge >= 0.3 is 0 Å². The topological polar surface area (TPSA) is 102 Å². The molecule has 148 valence electrons. The van der Waals surface area contributed by atoms with Crippen molar-refractivity contribution < 1.29 is 19.5 Å². The number of amides is 1. The third-order valence-electron chi connectivity index (χ3n) is 8.14. The Morgan fingerprint density at radius 1 is 1.30 bits per heavy atom. The van der Waals surface area contributed by atoms with Crippen LogP contribution in [0.25, 0.3) is 0 Å². The number of aliphatic hydroxyl groups is 1. The van der Waals surface area contributed by atoms with Gasteiger partial charge in [-0.25, -0.2) is 0 Å². The van der Waals surface area contributed by atoms with Crippen LogP contribution in [0.15, 0.2) is 16.8 Å². The number of nitrogens with two attached hydrogens (primary N) is 1. The van der Waals surface area contributed by atoms with Crippen molar-refractivity contribution >= 4 is 17.4 Å². The molecule has 6 nitrogen and oxygen atoms in total. The lowest BCUT2D eigenvalue weighted by Crippen LogP contribution is -2.53. The number of rotatable bonds is 3. The average molecular weight is 374 g/mol. The number of primary amides is 1. The first kappa shape index (κ1) is 18.7. The summed E-state index contributed by atoms with van der Waals surface area (Å²) in [6.07, 6.45) is 7.70. The second-order valence-electron chi connectivity index (χ2n) is 9.44. The van der Waals surface area contributed by atoms with Crippen LogP contribution in [0.2, 0.25) is 0 Å². The molecule has 0 bridgehead atoms. The van der Waals surface area contributed by atoms with E-state index in [4.69, 9.17) is 10.6 Å². The Kier molecular flexibility index (Phi) is 4.45. The van der Waals surface area contributed by atoms with Crippen LogP contribution in [0.1, 0.15) is 58.8 Å². The molecule has 0 aliphatic heterocycles. The summed E-state index contributed by atoms with van der Waals surface area (Å²) in [6, 6.07) is 0. The van der Waals surface area contributed by atoms with Crippen LogP contribution >= 0.6 is 0 Å². The number of aliphatic hydroxyl groups excluding tert-OH is 1. The van der Waals surface area contributed by atoms with Crippen molar-refractivity contribution in [1.29, 1.82) is 0 Å². The first-order valence-corrected chi connectivity index (χ1v) is 10.2. The van der Waals surface area contributed by atoms with Gasteiger partial charge in [0.25, 0.3) is 5.91 Å². The molecule has 3 saturated carbocycles. The summed E-state index contributed by atoms with van der Waals surface area (Å²) in [5, 5.41) is 14.9. The highest BCUT2D eigenvalue weighted by molar-refractivity contribution is 6.08. The van der Waals surface area contributed by atoms with Gasteiger partial charge in [0.2, 0.25) is 0 Å². The highest BCUT2D eigenvalue weighted by Gasteiger charge is 2.60. The molecule has 4 rings (SSSR count). The Morgan fingerprint density at radius 2 is 2.07 bits per heavy atom. The van der Waals surface area contributed by atoms with Gasteiger partial charge in [0, 0.05) is 6.42 Å². The number of nitrogens with zero attached hydrogens (tertiary/aromatic N) is 1. The second kappa shape index (κ2) is 6.43. The van der Waals surface area contributed by atoms with E-state index in [1.54, 1.807) is 6.08 Å². The molecule has 6 atom stereocenters. The summed E-state index contributed by atoms with van der Waals surface area (Å²) < 4.78 is 0. The van der Waals surface area contributed by atoms with Gasteiger partial charge in [-0.2, -0.15) is 0 Å². The standard InChI is InChI=1S/C21H30N2O4/c1-20-7-5-12(24)9-16(20)17(23-27-11-19(22)26)10-13-14-3-4-18(25)21(14,2)8-6-15(13)20/h9,13-15,18,25H,3-8,10-11H2,1-2H3,(H2,22,26)/b23-17+/t13?,14-,15-,18-,20+,21-/m0/s1. The van der Waals surface area contributed by atoms with E-state index in [2.05, 4.69) is 19.0 Å². The van der Waals surface area contributed by atoms with Crippen LogP contribution in [0.3, 0.4) is 0 Å². The smallest absolute Gasteiger partial charge is 0.258 e. The third-order valence-corrected chi connectivity index (χ3v) is 8.14. The molecule has 6 heteroatoms. The first-order valence-electron chi connectivity index (χ1n) is 10.2. The molecule has 0 saturated heterocycles. The second-order valence-corrected chi connectivity index (χ2v) is 9.44. The molecular weight excluding hydrogens is 344 g/mol. The van der Waals surface area contributed by atoms with E-state index in [1.807, 2.05) is 0 Å². The lowest BCUT2D eigenvalue weighted by molar-refractivity contribution is -0.122. The van der Waals surface area contributed by atoms with Crippen molar-refractivity contribution in [3.8, 4) is 0 Å². The lowest BCUT2D eigenvalue weighted by atomic mass is 9.47. The van der Waals surface area contributed by atoms with E-state index in [0.29, 0.717) is 24.2 Å². The number of hydrogen-bond donors (Lipinski definition) is 2. The molecule has 0 radical (unpaired) electrons. The first-order chi connectivity index (χ1) is 12.8. The molecular formula is C21H30N2O4. The minimum Gasteiger partial charge on any atom is -0.393 e. The normalized spacial score (nSPS) is 44.9. The van der Waals surface area contributed by atoms with Crippen LogP contribution in [-0.2, 0) is 14.4 Å². The number of ketones is 1. The van der Waals surface area contributed by atoms with Crippen molar-refractivity contribution in [2.45, 2.75) is 64.9 Å². The summed E-state index contributed by atoms with van der Waals surface area (Å²) in [4.78, 5) is 28.4. The lowest BCUT2D eigenvalue weighted by Gasteiger charge is -2.57. The van der Waals surface area contributed by atoms with E-state index < -0.39 is 5.91 Å². The Balaban J connectivity index is 1.72. The van der Waals surface area contributed by atoms with Crippen LogP contribution in [0.5, 0.6) is 0 Å². The molecule has 4 aliphatic rings. The molecule has 3 N–H and O–H groups in total. The summed E-state index contributed by atoms with van der Waals surface area (Å²) >= 11 is 0. The molecule has 0 heterocycles. The molecule has 27 heavy (non-hydrogen) atoms. The SMILES string of the molecule is C[C@]12CC[C@H]3C(C/C(=N\OCC(N)=O)C4=CC(=O)CC[C@@]43C)[C@@H]1CC[C@@H]2O. The largest absolute Gasteiger partial charge is 0.393 e. The van der Waals surface area contributed by atoms with Gasteiger partial charge in [-0.1, -0.05) is 19.0 Å². The van der Waals surface area contributed by atoms with Crippen LogP contribution in [0.4, 0.5) is 0 Å². The summed E-state index contributed by atoms with van der Waals surface area (Å²) in [5.41, 5.74) is 6.83.